The lowest BCUT2D eigenvalue weighted by molar-refractivity contribution is -0.134. The van der Waals surface area contributed by atoms with Crippen molar-refractivity contribution in [1.29, 1.82) is 0 Å². The molecule has 7 heteroatoms. The second kappa shape index (κ2) is 8.39. The molecule has 2 heterocycles. The SMILES string of the molecule is CN1CCN(CC(=O)N2N=C(c3ccc(F)cc3)C[C@@H]2c2ccccc2F)CC1. The van der Waals surface area contributed by atoms with E-state index in [1.807, 2.05) is 0 Å². The largest absolute Gasteiger partial charge is 0.304 e. The number of halogens is 2. The number of carbonyl (C=O) groups excluding carboxylic acids is 1. The van der Waals surface area contributed by atoms with Gasteiger partial charge in [-0.2, -0.15) is 5.10 Å². The lowest BCUT2D eigenvalue weighted by atomic mass is 9.98. The summed E-state index contributed by atoms with van der Waals surface area (Å²) in [6.45, 7) is 3.70. The highest BCUT2D eigenvalue weighted by molar-refractivity contribution is 6.03. The maximum Gasteiger partial charge on any atom is 0.257 e. The molecule has 5 nitrogen and oxygen atoms in total. The third-order valence-electron chi connectivity index (χ3n) is 5.56. The minimum atomic E-state index is -0.504. The Balaban J connectivity index is 1.59. The van der Waals surface area contributed by atoms with Crippen molar-refractivity contribution in [3.05, 3.63) is 71.3 Å². The van der Waals surface area contributed by atoms with Crippen LogP contribution in [0.3, 0.4) is 0 Å². The minimum absolute atomic E-state index is 0.153. The van der Waals surface area contributed by atoms with Crippen LogP contribution in [0, 0.1) is 11.6 Å². The number of hydrogen-bond acceptors (Lipinski definition) is 4. The monoisotopic (exact) mass is 398 g/mol. The first-order chi connectivity index (χ1) is 14.0. The molecular formula is C22H24F2N4O. The molecule has 2 aromatic carbocycles. The molecule has 1 fully saturated rings. The highest BCUT2D eigenvalue weighted by Gasteiger charge is 2.35. The second-order valence-electron chi connectivity index (χ2n) is 7.61. The quantitative estimate of drug-likeness (QED) is 0.795. The Morgan fingerprint density at radius 3 is 2.41 bits per heavy atom. The van der Waals surface area contributed by atoms with Gasteiger partial charge in [0.2, 0.25) is 0 Å². The highest BCUT2D eigenvalue weighted by atomic mass is 19.1. The van der Waals surface area contributed by atoms with Crippen molar-refractivity contribution < 1.29 is 13.6 Å². The molecule has 2 aliphatic rings. The van der Waals surface area contributed by atoms with Gasteiger partial charge in [-0.3, -0.25) is 9.69 Å². The van der Waals surface area contributed by atoms with Gasteiger partial charge in [0.15, 0.2) is 0 Å². The van der Waals surface area contributed by atoms with E-state index in [-0.39, 0.29) is 24.1 Å². The molecular weight excluding hydrogens is 374 g/mol. The van der Waals surface area contributed by atoms with Gasteiger partial charge >= 0.3 is 0 Å². The number of hydrazone groups is 1. The van der Waals surface area contributed by atoms with E-state index in [4.69, 9.17) is 0 Å². The molecule has 0 saturated carbocycles. The van der Waals surface area contributed by atoms with Crippen molar-refractivity contribution in [2.75, 3.05) is 39.8 Å². The van der Waals surface area contributed by atoms with Crippen LogP contribution in [0.1, 0.15) is 23.6 Å². The van der Waals surface area contributed by atoms with E-state index in [2.05, 4.69) is 21.9 Å². The van der Waals surface area contributed by atoms with Gasteiger partial charge in [-0.15, -0.1) is 0 Å². The molecule has 152 valence electrons. The zero-order valence-corrected chi connectivity index (χ0v) is 16.4. The standard InChI is InChI=1S/C22H24F2N4O/c1-26-10-12-27(13-11-26)15-22(29)28-21(18-4-2-3-5-19(18)24)14-20(25-28)16-6-8-17(23)9-7-16/h2-9,21H,10-15H2,1H3/t21-/m1/s1. The highest BCUT2D eigenvalue weighted by Crippen LogP contribution is 2.34. The van der Waals surface area contributed by atoms with Gasteiger partial charge in [0.1, 0.15) is 11.6 Å². The summed E-state index contributed by atoms with van der Waals surface area (Å²) in [5.74, 6) is -0.841. The maximum absolute atomic E-state index is 14.5. The number of amides is 1. The summed E-state index contributed by atoms with van der Waals surface area (Å²) in [5.41, 5.74) is 1.84. The summed E-state index contributed by atoms with van der Waals surface area (Å²) in [5, 5.41) is 5.95. The molecule has 0 radical (unpaired) electrons. The summed E-state index contributed by atoms with van der Waals surface area (Å²) in [6.07, 6.45) is 0.390. The molecule has 0 aromatic heterocycles. The fourth-order valence-electron chi connectivity index (χ4n) is 3.81. The normalized spacial score (nSPS) is 20.7. The molecule has 0 N–H and O–H groups in total. The van der Waals surface area contributed by atoms with E-state index in [0.29, 0.717) is 17.7 Å². The van der Waals surface area contributed by atoms with Crippen LogP contribution in [-0.2, 0) is 4.79 Å². The Bertz CT molecular complexity index is 907. The van der Waals surface area contributed by atoms with E-state index in [1.54, 1.807) is 30.3 Å². The topological polar surface area (TPSA) is 39.1 Å². The molecule has 1 atom stereocenters. The van der Waals surface area contributed by atoms with Crippen LogP contribution in [0.15, 0.2) is 53.6 Å². The van der Waals surface area contributed by atoms with Gasteiger partial charge in [0, 0.05) is 38.2 Å². The first-order valence-corrected chi connectivity index (χ1v) is 9.82. The average molecular weight is 398 g/mol. The van der Waals surface area contributed by atoms with Crippen LogP contribution in [0.2, 0.25) is 0 Å². The smallest absolute Gasteiger partial charge is 0.257 e. The van der Waals surface area contributed by atoms with Gasteiger partial charge in [0.05, 0.1) is 18.3 Å². The number of rotatable bonds is 4. The molecule has 0 spiro atoms. The Kier molecular flexibility index (Phi) is 5.69. The number of hydrogen-bond donors (Lipinski definition) is 0. The van der Waals surface area contributed by atoms with Crippen molar-refractivity contribution in [2.45, 2.75) is 12.5 Å². The molecule has 2 aromatic rings. The van der Waals surface area contributed by atoms with Crippen molar-refractivity contribution in [2.24, 2.45) is 5.10 Å². The molecule has 0 unspecified atom stereocenters. The predicted molar refractivity (Wildman–Crippen MR) is 107 cm³/mol. The minimum Gasteiger partial charge on any atom is -0.304 e. The number of carbonyl (C=O) groups is 1. The van der Waals surface area contributed by atoms with Gasteiger partial charge in [-0.25, -0.2) is 13.8 Å². The van der Waals surface area contributed by atoms with E-state index in [1.165, 1.54) is 23.2 Å². The fourth-order valence-corrected chi connectivity index (χ4v) is 3.81. The van der Waals surface area contributed by atoms with E-state index in [0.717, 1.165) is 31.7 Å². The van der Waals surface area contributed by atoms with Gasteiger partial charge < -0.3 is 4.90 Å². The third-order valence-corrected chi connectivity index (χ3v) is 5.56. The van der Waals surface area contributed by atoms with Crippen molar-refractivity contribution >= 4 is 11.6 Å². The number of piperazine rings is 1. The molecule has 2 aliphatic heterocycles. The lowest BCUT2D eigenvalue weighted by Crippen LogP contribution is -2.48. The van der Waals surface area contributed by atoms with Gasteiger partial charge in [-0.05, 0) is 30.8 Å². The summed E-state index contributed by atoms with van der Waals surface area (Å²) in [4.78, 5) is 17.4. The summed E-state index contributed by atoms with van der Waals surface area (Å²) >= 11 is 0. The second-order valence-corrected chi connectivity index (χ2v) is 7.61. The van der Waals surface area contributed by atoms with Gasteiger partial charge in [0.25, 0.3) is 5.91 Å². The Hall–Kier alpha value is -2.64. The van der Waals surface area contributed by atoms with Crippen molar-refractivity contribution in [3.63, 3.8) is 0 Å². The zero-order valence-electron chi connectivity index (χ0n) is 16.4. The molecule has 1 saturated heterocycles. The zero-order chi connectivity index (χ0) is 20.4. The Morgan fingerprint density at radius 2 is 1.72 bits per heavy atom. The van der Waals surface area contributed by atoms with Crippen LogP contribution in [0.4, 0.5) is 8.78 Å². The van der Waals surface area contributed by atoms with Crippen molar-refractivity contribution in [1.82, 2.24) is 14.8 Å². The first-order valence-electron chi connectivity index (χ1n) is 9.82. The number of likely N-dealkylation sites (N-methyl/N-ethyl adjacent to an activating group) is 1. The number of nitrogens with zero attached hydrogens (tertiary/aromatic N) is 4. The summed E-state index contributed by atoms with van der Waals surface area (Å²) < 4.78 is 27.8. The van der Waals surface area contributed by atoms with Crippen LogP contribution >= 0.6 is 0 Å². The van der Waals surface area contributed by atoms with Crippen LogP contribution < -0.4 is 0 Å². The Morgan fingerprint density at radius 1 is 1.03 bits per heavy atom. The lowest BCUT2D eigenvalue weighted by Gasteiger charge is -2.33. The molecule has 0 bridgehead atoms. The third kappa shape index (κ3) is 4.36. The van der Waals surface area contributed by atoms with E-state index < -0.39 is 6.04 Å². The van der Waals surface area contributed by atoms with E-state index in [9.17, 15) is 13.6 Å². The fraction of sp³-hybridized carbons (Fsp3) is 0.364. The van der Waals surface area contributed by atoms with Crippen LogP contribution in [0.25, 0.3) is 0 Å². The summed E-state index contributed by atoms with van der Waals surface area (Å²) in [6, 6.07) is 12.0. The van der Waals surface area contributed by atoms with E-state index >= 15 is 0 Å². The van der Waals surface area contributed by atoms with Gasteiger partial charge in [-0.1, -0.05) is 30.3 Å². The Labute approximate surface area is 169 Å². The maximum atomic E-state index is 14.5. The summed E-state index contributed by atoms with van der Waals surface area (Å²) in [7, 11) is 2.06. The average Bonchev–Trinajstić information content (AvgIpc) is 3.16. The molecule has 29 heavy (non-hydrogen) atoms. The van der Waals surface area contributed by atoms with Crippen LogP contribution in [0.5, 0.6) is 0 Å². The van der Waals surface area contributed by atoms with Crippen LogP contribution in [-0.4, -0.2) is 66.2 Å². The first kappa shape index (κ1) is 19.7. The predicted octanol–water partition coefficient (Wildman–Crippen LogP) is 2.89. The van der Waals surface area contributed by atoms with Crippen molar-refractivity contribution in [3.8, 4) is 0 Å². The number of benzene rings is 2. The molecule has 1 amide bonds. The molecule has 0 aliphatic carbocycles. The molecule has 4 rings (SSSR count).